The molecule has 2 N–H and O–H groups in total. The average molecular weight is 556 g/mol. The maximum atomic E-state index is 4.75. The summed E-state index contributed by atoms with van der Waals surface area (Å²) >= 11 is 0. The van der Waals surface area contributed by atoms with Crippen LogP contribution >= 0.6 is 24.0 Å². The third kappa shape index (κ3) is 6.19. The third-order valence-corrected chi connectivity index (χ3v) is 5.06. The number of benzene rings is 2. The molecular formula is C24H29IN8. The van der Waals surface area contributed by atoms with Crippen LogP contribution in [0, 0.1) is 13.8 Å². The van der Waals surface area contributed by atoms with Gasteiger partial charge < -0.3 is 10.6 Å². The lowest BCUT2D eigenvalue weighted by atomic mass is 10.1. The fraction of sp³-hybridized carbons (Fsp3) is 0.250. The molecule has 33 heavy (non-hydrogen) atoms. The Balaban J connectivity index is 0.00000306. The molecule has 0 amide bonds. The van der Waals surface area contributed by atoms with E-state index >= 15 is 0 Å². The lowest BCUT2D eigenvalue weighted by Crippen LogP contribution is -2.37. The molecule has 4 aromatic rings. The van der Waals surface area contributed by atoms with Crippen molar-refractivity contribution < 1.29 is 0 Å². The standard InChI is InChI=1S/C24H28N8.HI/c1-4-26-24(27-14-20-9-11-22(12-10-20)31-17-25-16-29-31)28-15-21-7-5-6-8-23(21)32-19(3)13-18(2)30-32;/h5-13,16-17H,4,14-15H2,1-3H3,(H2,26,27,28);1H. The number of nitrogens with zero attached hydrogens (tertiary/aromatic N) is 6. The van der Waals surface area contributed by atoms with Crippen LogP contribution in [0.1, 0.15) is 29.4 Å². The van der Waals surface area contributed by atoms with Gasteiger partial charge in [0.25, 0.3) is 0 Å². The zero-order valence-electron chi connectivity index (χ0n) is 19.1. The molecule has 0 aliphatic heterocycles. The van der Waals surface area contributed by atoms with Crippen LogP contribution in [-0.4, -0.2) is 37.0 Å². The van der Waals surface area contributed by atoms with Gasteiger partial charge in [0.1, 0.15) is 12.7 Å². The molecule has 2 aromatic carbocycles. The predicted molar refractivity (Wildman–Crippen MR) is 141 cm³/mol. The van der Waals surface area contributed by atoms with E-state index in [9.17, 15) is 0 Å². The lowest BCUT2D eigenvalue weighted by Gasteiger charge is -2.15. The highest BCUT2D eigenvalue weighted by Gasteiger charge is 2.09. The molecule has 0 atom stereocenters. The fourth-order valence-electron chi connectivity index (χ4n) is 3.53. The van der Waals surface area contributed by atoms with Gasteiger partial charge >= 0.3 is 0 Å². The van der Waals surface area contributed by atoms with Crippen molar-refractivity contribution in [1.29, 1.82) is 0 Å². The summed E-state index contributed by atoms with van der Waals surface area (Å²) in [6.45, 7) is 8.16. The van der Waals surface area contributed by atoms with Crippen molar-refractivity contribution in [2.75, 3.05) is 6.54 Å². The maximum Gasteiger partial charge on any atom is 0.191 e. The topological polar surface area (TPSA) is 85.0 Å². The van der Waals surface area contributed by atoms with Gasteiger partial charge in [-0.2, -0.15) is 10.2 Å². The van der Waals surface area contributed by atoms with Gasteiger partial charge in [-0.05, 0) is 56.2 Å². The first-order chi connectivity index (χ1) is 15.6. The van der Waals surface area contributed by atoms with E-state index in [1.54, 1.807) is 11.0 Å². The Morgan fingerprint density at radius 1 is 1.03 bits per heavy atom. The summed E-state index contributed by atoms with van der Waals surface area (Å²) in [5.74, 6) is 0.774. The lowest BCUT2D eigenvalue weighted by molar-refractivity contribution is 0.783. The molecule has 0 bridgehead atoms. The van der Waals surface area contributed by atoms with Crippen LogP contribution in [0.2, 0.25) is 0 Å². The predicted octanol–water partition coefficient (Wildman–Crippen LogP) is 3.94. The molecule has 2 aromatic heterocycles. The number of halogens is 1. The molecule has 9 heteroatoms. The smallest absolute Gasteiger partial charge is 0.191 e. The summed E-state index contributed by atoms with van der Waals surface area (Å²) < 4.78 is 3.73. The van der Waals surface area contributed by atoms with Gasteiger partial charge in [-0.15, -0.1) is 24.0 Å². The van der Waals surface area contributed by atoms with Crippen LogP contribution in [0.5, 0.6) is 0 Å². The SMILES string of the molecule is CCNC(=NCc1ccc(-n2cncn2)cc1)NCc1ccccc1-n1nc(C)cc1C.I. The first-order valence-corrected chi connectivity index (χ1v) is 10.7. The van der Waals surface area contributed by atoms with Gasteiger partial charge in [0.15, 0.2) is 5.96 Å². The Bertz CT molecular complexity index is 1180. The summed E-state index contributed by atoms with van der Waals surface area (Å²) in [5, 5.41) is 15.6. The number of aryl methyl sites for hydroxylation is 2. The molecule has 2 heterocycles. The van der Waals surface area contributed by atoms with E-state index in [0.717, 1.165) is 46.4 Å². The van der Waals surface area contributed by atoms with Gasteiger partial charge in [-0.25, -0.2) is 19.3 Å². The van der Waals surface area contributed by atoms with E-state index in [0.29, 0.717) is 13.1 Å². The van der Waals surface area contributed by atoms with E-state index in [4.69, 9.17) is 4.99 Å². The van der Waals surface area contributed by atoms with Gasteiger partial charge in [-0.3, -0.25) is 0 Å². The van der Waals surface area contributed by atoms with E-state index in [1.807, 2.05) is 35.9 Å². The molecule has 0 aliphatic carbocycles. The molecule has 8 nitrogen and oxygen atoms in total. The first kappa shape index (κ1) is 24.4. The van der Waals surface area contributed by atoms with Crippen molar-refractivity contribution in [3.05, 3.63) is 89.8 Å². The first-order valence-electron chi connectivity index (χ1n) is 10.7. The summed E-state index contributed by atoms with van der Waals surface area (Å²) in [4.78, 5) is 8.74. The second-order valence-corrected chi connectivity index (χ2v) is 7.52. The molecule has 0 unspecified atom stereocenters. The Kier molecular flexibility index (Phi) is 8.58. The number of rotatable bonds is 7. The molecule has 0 fully saturated rings. The molecule has 0 saturated heterocycles. The molecule has 172 valence electrons. The van der Waals surface area contributed by atoms with Gasteiger partial charge in [-0.1, -0.05) is 30.3 Å². The highest BCUT2D eigenvalue weighted by atomic mass is 127. The number of para-hydroxylation sites is 1. The average Bonchev–Trinajstić information content (AvgIpc) is 3.46. The van der Waals surface area contributed by atoms with Gasteiger partial charge in [0.05, 0.1) is 23.6 Å². The highest BCUT2D eigenvalue weighted by molar-refractivity contribution is 14.0. The van der Waals surface area contributed by atoms with Crippen LogP contribution in [0.4, 0.5) is 0 Å². The zero-order valence-corrected chi connectivity index (χ0v) is 21.4. The van der Waals surface area contributed by atoms with Crippen molar-refractivity contribution in [3.63, 3.8) is 0 Å². The van der Waals surface area contributed by atoms with Crippen LogP contribution in [0.15, 0.2) is 72.2 Å². The van der Waals surface area contributed by atoms with Crippen molar-refractivity contribution in [1.82, 2.24) is 35.2 Å². The van der Waals surface area contributed by atoms with Crippen molar-refractivity contribution in [3.8, 4) is 11.4 Å². The normalized spacial score (nSPS) is 11.2. The Labute approximate surface area is 211 Å². The quantitative estimate of drug-likeness (QED) is 0.205. The second kappa shape index (κ2) is 11.6. The van der Waals surface area contributed by atoms with Gasteiger partial charge in [0.2, 0.25) is 0 Å². The number of hydrogen-bond acceptors (Lipinski definition) is 4. The maximum absolute atomic E-state index is 4.75. The van der Waals surface area contributed by atoms with Crippen molar-refractivity contribution >= 4 is 29.9 Å². The third-order valence-electron chi connectivity index (χ3n) is 5.06. The van der Waals surface area contributed by atoms with E-state index in [2.05, 4.69) is 70.0 Å². The zero-order chi connectivity index (χ0) is 22.3. The number of aliphatic imine (C=N–C) groups is 1. The monoisotopic (exact) mass is 556 g/mol. The van der Waals surface area contributed by atoms with E-state index in [-0.39, 0.29) is 24.0 Å². The Morgan fingerprint density at radius 2 is 1.82 bits per heavy atom. The van der Waals surface area contributed by atoms with Gasteiger partial charge in [0, 0.05) is 18.8 Å². The summed E-state index contributed by atoms with van der Waals surface area (Å²) in [6.07, 6.45) is 3.21. The van der Waals surface area contributed by atoms with Crippen molar-refractivity contribution in [2.45, 2.75) is 33.9 Å². The Morgan fingerprint density at radius 3 is 2.48 bits per heavy atom. The van der Waals surface area contributed by atoms with Crippen LogP contribution in [-0.2, 0) is 13.1 Å². The second-order valence-electron chi connectivity index (χ2n) is 7.52. The molecule has 0 radical (unpaired) electrons. The van der Waals surface area contributed by atoms with Crippen LogP contribution in [0.3, 0.4) is 0 Å². The number of nitrogens with one attached hydrogen (secondary N) is 2. The number of guanidine groups is 1. The largest absolute Gasteiger partial charge is 0.357 e. The Hall–Kier alpha value is -3.21. The molecule has 0 aliphatic rings. The van der Waals surface area contributed by atoms with Crippen LogP contribution < -0.4 is 10.6 Å². The minimum atomic E-state index is 0. The summed E-state index contributed by atoms with van der Waals surface area (Å²) in [6, 6.07) is 18.5. The van der Waals surface area contributed by atoms with Crippen molar-refractivity contribution in [2.24, 2.45) is 4.99 Å². The summed E-state index contributed by atoms with van der Waals surface area (Å²) in [7, 11) is 0. The van der Waals surface area contributed by atoms with E-state index < -0.39 is 0 Å². The minimum Gasteiger partial charge on any atom is -0.357 e. The summed E-state index contributed by atoms with van der Waals surface area (Å²) in [5.41, 5.74) is 6.45. The van der Waals surface area contributed by atoms with E-state index in [1.165, 1.54) is 6.33 Å². The minimum absolute atomic E-state index is 0. The molecule has 4 rings (SSSR count). The molecular weight excluding hydrogens is 527 g/mol. The molecule has 0 saturated carbocycles. The van der Waals surface area contributed by atoms with Crippen LogP contribution in [0.25, 0.3) is 11.4 Å². The number of hydrogen-bond donors (Lipinski definition) is 2. The highest BCUT2D eigenvalue weighted by Crippen LogP contribution is 2.17. The molecule has 0 spiro atoms. The number of aromatic nitrogens is 5. The fourth-order valence-corrected chi connectivity index (χ4v) is 3.53.